The minimum Gasteiger partial charge on any atom is -0.352 e. The van der Waals surface area contributed by atoms with Crippen molar-refractivity contribution in [1.82, 2.24) is 5.32 Å². The highest BCUT2D eigenvalue weighted by Gasteiger charge is 2.20. The number of nitrogens with zero attached hydrogens (tertiary/aromatic N) is 1. The van der Waals surface area contributed by atoms with Gasteiger partial charge in [0.05, 0.1) is 9.82 Å². The standard InChI is InChI=1S/C21H25N3O5S/c1-15-7-12-19(13-20(15)24(26)27)30(28,29)23-18-10-8-17(9-11-18)21(25)22-14-16-5-3-2-4-6-16/h7-13,16,23H,2-6,14H2,1H3,(H,22,25). The Morgan fingerprint density at radius 3 is 2.40 bits per heavy atom. The van der Waals surface area contributed by atoms with Gasteiger partial charge in [-0.25, -0.2) is 8.42 Å². The number of benzene rings is 2. The third-order valence-corrected chi connectivity index (χ3v) is 6.74. The summed E-state index contributed by atoms with van der Waals surface area (Å²) in [7, 11) is -4.00. The third-order valence-electron chi connectivity index (χ3n) is 5.36. The maximum Gasteiger partial charge on any atom is 0.273 e. The molecule has 1 amide bonds. The Morgan fingerprint density at radius 2 is 1.77 bits per heavy atom. The first-order valence-corrected chi connectivity index (χ1v) is 11.4. The Kier molecular flexibility index (Phi) is 6.71. The Hall–Kier alpha value is -2.94. The Bertz CT molecular complexity index is 1030. The van der Waals surface area contributed by atoms with Crippen molar-refractivity contribution in [3.8, 4) is 0 Å². The first-order chi connectivity index (χ1) is 14.3. The number of carbonyl (C=O) groups excluding carboxylic acids is 1. The molecule has 0 atom stereocenters. The third kappa shape index (κ3) is 5.35. The zero-order valence-electron chi connectivity index (χ0n) is 16.8. The highest BCUT2D eigenvalue weighted by atomic mass is 32.2. The van der Waals surface area contributed by atoms with Gasteiger partial charge in [0.2, 0.25) is 0 Å². The van der Waals surface area contributed by atoms with Gasteiger partial charge in [0.15, 0.2) is 0 Å². The number of carbonyl (C=O) groups is 1. The second-order valence-corrected chi connectivity index (χ2v) is 9.28. The van der Waals surface area contributed by atoms with Gasteiger partial charge < -0.3 is 5.32 Å². The van der Waals surface area contributed by atoms with E-state index in [-0.39, 0.29) is 22.2 Å². The van der Waals surface area contributed by atoms with Crippen molar-refractivity contribution in [2.45, 2.75) is 43.9 Å². The van der Waals surface area contributed by atoms with Crippen molar-refractivity contribution < 1.29 is 18.1 Å². The second kappa shape index (κ2) is 9.25. The van der Waals surface area contributed by atoms with Gasteiger partial charge in [-0.05, 0) is 56.0 Å². The Morgan fingerprint density at radius 1 is 1.10 bits per heavy atom. The molecule has 2 aromatic carbocycles. The topological polar surface area (TPSA) is 118 Å². The lowest BCUT2D eigenvalue weighted by molar-refractivity contribution is -0.385. The Labute approximate surface area is 175 Å². The number of nitrogens with one attached hydrogen (secondary N) is 2. The van der Waals surface area contributed by atoms with Gasteiger partial charge >= 0.3 is 0 Å². The van der Waals surface area contributed by atoms with Crippen molar-refractivity contribution >= 4 is 27.3 Å². The van der Waals surface area contributed by atoms with E-state index in [1.54, 1.807) is 19.1 Å². The van der Waals surface area contributed by atoms with Crippen molar-refractivity contribution in [2.24, 2.45) is 5.92 Å². The lowest BCUT2D eigenvalue weighted by atomic mass is 9.89. The van der Waals surface area contributed by atoms with E-state index < -0.39 is 14.9 Å². The summed E-state index contributed by atoms with van der Waals surface area (Å²) >= 11 is 0. The molecule has 0 aliphatic heterocycles. The number of anilines is 1. The molecular weight excluding hydrogens is 406 g/mol. The van der Waals surface area contributed by atoms with Gasteiger partial charge in [-0.2, -0.15) is 0 Å². The van der Waals surface area contributed by atoms with Crippen LogP contribution in [0.3, 0.4) is 0 Å². The molecule has 0 aromatic heterocycles. The average Bonchev–Trinajstić information content (AvgIpc) is 2.73. The number of hydrogen-bond donors (Lipinski definition) is 2. The van der Waals surface area contributed by atoms with Gasteiger partial charge in [-0.15, -0.1) is 0 Å². The van der Waals surface area contributed by atoms with E-state index in [0.29, 0.717) is 23.6 Å². The molecule has 30 heavy (non-hydrogen) atoms. The Balaban J connectivity index is 1.65. The number of nitro benzene ring substituents is 1. The van der Waals surface area contributed by atoms with Gasteiger partial charge in [-0.3, -0.25) is 19.6 Å². The summed E-state index contributed by atoms with van der Waals surface area (Å²) in [5.41, 5.74) is 0.826. The summed E-state index contributed by atoms with van der Waals surface area (Å²) in [6.45, 7) is 2.19. The van der Waals surface area contributed by atoms with Crippen LogP contribution >= 0.6 is 0 Å². The smallest absolute Gasteiger partial charge is 0.273 e. The number of nitro groups is 1. The predicted molar refractivity (Wildman–Crippen MR) is 114 cm³/mol. The van der Waals surface area contributed by atoms with Crippen LogP contribution in [0.15, 0.2) is 47.4 Å². The zero-order chi connectivity index (χ0) is 21.7. The molecule has 0 unspecified atom stereocenters. The van der Waals surface area contributed by atoms with E-state index in [1.165, 1.54) is 43.5 Å². The van der Waals surface area contributed by atoms with Gasteiger partial charge in [0, 0.05) is 29.4 Å². The fourth-order valence-corrected chi connectivity index (χ4v) is 4.67. The van der Waals surface area contributed by atoms with E-state index in [9.17, 15) is 23.3 Å². The molecule has 160 valence electrons. The molecule has 8 nitrogen and oxygen atoms in total. The lowest BCUT2D eigenvalue weighted by Gasteiger charge is -2.21. The van der Waals surface area contributed by atoms with Crippen LogP contribution in [0.5, 0.6) is 0 Å². The number of sulfonamides is 1. The molecule has 2 N–H and O–H groups in total. The summed E-state index contributed by atoms with van der Waals surface area (Å²) in [4.78, 5) is 22.6. The summed E-state index contributed by atoms with van der Waals surface area (Å²) in [5.74, 6) is 0.330. The molecule has 1 aliphatic carbocycles. The maximum atomic E-state index is 12.6. The van der Waals surface area contributed by atoms with Crippen LogP contribution < -0.4 is 10.0 Å². The number of aryl methyl sites for hydroxylation is 1. The highest BCUT2D eigenvalue weighted by molar-refractivity contribution is 7.92. The average molecular weight is 432 g/mol. The molecule has 1 fully saturated rings. The first-order valence-electron chi connectivity index (χ1n) is 9.92. The fourth-order valence-electron chi connectivity index (χ4n) is 3.59. The van der Waals surface area contributed by atoms with E-state index in [1.807, 2.05) is 0 Å². The minimum absolute atomic E-state index is 0.191. The number of amides is 1. The molecule has 3 rings (SSSR count). The van der Waals surface area contributed by atoms with Gasteiger partial charge in [0.25, 0.3) is 21.6 Å². The number of hydrogen-bond acceptors (Lipinski definition) is 5. The molecule has 0 bridgehead atoms. The summed E-state index contributed by atoms with van der Waals surface area (Å²) in [6.07, 6.45) is 5.95. The van der Waals surface area contributed by atoms with Crippen molar-refractivity contribution in [3.05, 3.63) is 63.7 Å². The predicted octanol–water partition coefficient (Wildman–Crippen LogP) is 4.01. The molecule has 0 saturated heterocycles. The monoisotopic (exact) mass is 431 g/mol. The van der Waals surface area contributed by atoms with Crippen molar-refractivity contribution in [3.63, 3.8) is 0 Å². The normalized spacial score (nSPS) is 14.8. The van der Waals surface area contributed by atoms with E-state index in [4.69, 9.17) is 0 Å². The molecule has 1 saturated carbocycles. The van der Waals surface area contributed by atoms with Crippen LogP contribution in [0.4, 0.5) is 11.4 Å². The molecule has 0 heterocycles. The largest absolute Gasteiger partial charge is 0.352 e. The maximum absolute atomic E-state index is 12.6. The van der Waals surface area contributed by atoms with Crippen LogP contribution in [0.1, 0.15) is 48.0 Å². The van der Waals surface area contributed by atoms with Crippen LogP contribution in [-0.2, 0) is 10.0 Å². The van der Waals surface area contributed by atoms with Crippen LogP contribution in [-0.4, -0.2) is 25.8 Å². The fraction of sp³-hybridized carbons (Fsp3) is 0.381. The molecule has 1 aliphatic rings. The van der Waals surface area contributed by atoms with E-state index in [2.05, 4.69) is 10.0 Å². The van der Waals surface area contributed by atoms with Gasteiger partial charge in [0.1, 0.15) is 0 Å². The van der Waals surface area contributed by atoms with Crippen LogP contribution in [0.25, 0.3) is 0 Å². The van der Waals surface area contributed by atoms with Gasteiger partial charge in [-0.1, -0.05) is 25.3 Å². The van der Waals surface area contributed by atoms with Crippen molar-refractivity contribution in [1.29, 1.82) is 0 Å². The van der Waals surface area contributed by atoms with E-state index >= 15 is 0 Å². The quantitative estimate of drug-likeness (QED) is 0.507. The summed E-state index contributed by atoms with van der Waals surface area (Å²) < 4.78 is 27.5. The molecular formula is C21H25N3O5S. The molecule has 2 aromatic rings. The lowest BCUT2D eigenvalue weighted by Crippen LogP contribution is -2.30. The number of rotatable bonds is 7. The molecule has 0 radical (unpaired) electrons. The summed E-state index contributed by atoms with van der Waals surface area (Å²) in [5, 5.41) is 14.0. The highest BCUT2D eigenvalue weighted by Crippen LogP contribution is 2.25. The molecule has 9 heteroatoms. The minimum atomic E-state index is -4.00. The first kappa shape index (κ1) is 21.8. The van der Waals surface area contributed by atoms with E-state index in [0.717, 1.165) is 18.9 Å². The van der Waals surface area contributed by atoms with Crippen LogP contribution in [0, 0.1) is 23.0 Å². The SMILES string of the molecule is Cc1ccc(S(=O)(=O)Nc2ccc(C(=O)NCC3CCCCC3)cc2)cc1[N+](=O)[O-]. The second-order valence-electron chi connectivity index (χ2n) is 7.60. The zero-order valence-corrected chi connectivity index (χ0v) is 17.6. The summed E-state index contributed by atoms with van der Waals surface area (Å²) in [6, 6.07) is 9.83. The van der Waals surface area contributed by atoms with Crippen molar-refractivity contribution in [2.75, 3.05) is 11.3 Å². The molecule has 0 spiro atoms. The van der Waals surface area contributed by atoms with Crippen LogP contribution in [0.2, 0.25) is 0 Å².